The van der Waals surface area contributed by atoms with Crippen molar-refractivity contribution in [3.8, 4) is 0 Å². The van der Waals surface area contributed by atoms with Crippen LogP contribution in [0.2, 0.25) is 0 Å². The van der Waals surface area contributed by atoms with Crippen LogP contribution >= 0.6 is 0 Å². The Bertz CT molecular complexity index is 449. The van der Waals surface area contributed by atoms with Gasteiger partial charge in [0.2, 0.25) is 11.8 Å². The number of ether oxygens (including phenoxy) is 2. The average molecular weight is 330 g/mol. The maximum Gasteiger partial charge on any atom is 0.328 e. The van der Waals surface area contributed by atoms with E-state index in [1.807, 2.05) is 0 Å². The smallest absolute Gasteiger partial charge is 0.328 e. The number of nitrogens with one attached hydrogen (secondary N) is 2. The van der Waals surface area contributed by atoms with Crippen molar-refractivity contribution in [2.75, 3.05) is 14.2 Å². The topological polar surface area (TPSA) is 111 Å². The Morgan fingerprint density at radius 1 is 0.913 bits per heavy atom. The Hall–Kier alpha value is -2.12. The second-order valence-electron chi connectivity index (χ2n) is 5.69. The lowest BCUT2D eigenvalue weighted by atomic mass is 9.96. The predicted octanol–water partition coefficient (Wildman–Crippen LogP) is 0.00410. The lowest BCUT2D eigenvalue weighted by Gasteiger charge is -2.26. The summed E-state index contributed by atoms with van der Waals surface area (Å²) in [6.45, 7) is 6.47. The van der Waals surface area contributed by atoms with Gasteiger partial charge in [-0.05, 0) is 11.8 Å². The maximum atomic E-state index is 12.4. The lowest BCUT2D eigenvalue weighted by molar-refractivity contribution is -0.148. The summed E-state index contributed by atoms with van der Waals surface area (Å²) in [6.07, 6.45) is -0.0526. The molecule has 0 saturated carbocycles. The minimum absolute atomic E-state index is 0.0526. The molecular weight excluding hydrogens is 304 g/mol. The van der Waals surface area contributed by atoms with Gasteiger partial charge in [-0.1, -0.05) is 20.8 Å². The van der Waals surface area contributed by atoms with E-state index in [9.17, 15) is 19.2 Å². The molecule has 0 saturated heterocycles. The molecule has 0 aromatic carbocycles. The Labute approximate surface area is 136 Å². The molecule has 0 fully saturated rings. The van der Waals surface area contributed by atoms with Crippen LogP contribution in [-0.2, 0) is 28.7 Å². The van der Waals surface area contributed by atoms with Crippen molar-refractivity contribution in [3.05, 3.63) is 0 Å². The van der Waals surface area contributed by atoms with Gasteiger partial charge in [-0.15, -0.1) is 0 Å². The number of hydrogen-bond acceptors (Lipinski definition) is 6. The van der Waals surface area contributed by atoms with Crippen LogP contribution < -0.4 is 10.6 Å². The van der Waals surface area contributed by atoms with E-state index >= 15 is 0 Å². The van der Waals surface area contributed by atoms with Crippen LogP contribution in [0.25, 0.3) is 0 Å². The molecule has 0 aromatic heterocycles. The predicted molar refractivity (Wildman–Crippen MR) is 82.2 cm³/mol. The van der Waals surface area contributed by atoms with E-state index in [0.29, 0.717) is 0 Å². The number of esters is 2. The lowest BCUT2D eigenvalue weighted by Crippen LogP contribution is -2.55. The molecule has 0 aliphatic carbocycles. The van der Waals surface area contributed by atoms with Crippen molar-refractivity contribution < 1.29 is 28.7 Å². The summed E-state index contributed by atoms with van der Waals surface area (Å²) in [7, 11) is 2.44. The third kappa shape index (κ3) is 7.12. The zero-order valence-electron chi connectivity index (χ0n) is 14.5. The molecule has 0 aliphatic heterocycles. The summed E-state index contributed by atoms with van der Waals surface area (Å²) in [5.41, 5.74) is 0. The van der Waals surface area contributed by atoms with Gasteiger partial charge in [-0.2, -0.15) is 0 Å². The van der Waals surface area contributed by atoms with Crippen LogP contribution in [-0.4, -0.2) is 50.1 Å². The number of carbonyl (C=O) groups is 4. The van der Waals surface area contributed by atoms with E-state index in [0.717, 1.165) is 0 Å². The number of amides is 2. The molecule has 0 bridgehead atoms. The van der Waals surface area contributed by atoms with Gasteiger partial charge in [-0.3, -0.25) is 14.4 Å². The third-order valence-corrected chi connectivity index (χ3v) is 3.35. The van der Waals surface area contributed by atoms with Gasteiger partial charge in [0.1, 0.15) is 12.1 Å². The summed E-state index contributed by atoms with van der Waals surface area (Å²) in [4.78, 5) is 46.8. The van der Waals surface area contributed by atoms with E-state index in [-0.39, 0.29) is 18.2 Å². The standard InChI is InChI=1S/C15H26N2O6/c1-8(2)12(16-10(4)18)14(20)17-13(15(21)23-6)9(3)7-11(19)22-5/h8-9,12-13H,7H2,1-6H3,(H,16,18)(H,17,20)/t9-,12+,13+/m0/s1. The van der Waals surface area contributed by atoms with Gasteiger partial charge in [0.15, 0.2) is 0 Å². The second kappa shape index (κ2) is 9.81. The Kier molecular flexibility index (Phi) is 8.90. The Morgan fingerprint density at radius 2 is 1.48 bits per heavy atom. The fraction of sp³-hybridized carbons (Fsp3) is 0.733. The molecule has 132 valence electrons. The van der Waals surface area contributed by atoms with Crippen LogP contribution in [0.15, 0.2) is 0 Å². The molecule has 3 atom stereocenters. The molecule has 2 amide bonds. The Balaban J connectivity index is 5.13. The van der Waals surface area contributed by atoms with Crippen LogP contribution in [0.1, 0.15) is 34.1 Å². The fourth-order valence-corrected chi connectivity index (χ4v) is 2.02. The second-order valence-corrected chi connectivity index (χ2v) is 5.69. The number of hydrogen-bond donors (Lipinski definition) is 2. The molecule has 2 N–H and O–H groups in total. The van der Waals surface area contributed by atoms with E-state index < -0.39 is 35.8 Å². The molecule has 0 aliphatic rings. The first-order chi connectivity index (χ1) is 10.6. The highest BCUT2D eigenvalue weighted by Gasteiger charge is 2.33. The fourth-order valence-electron chi connectivity index (χ4n) is 2.02. The molecule has 0 unspecified atom stereocenters. The van der Waals surface area contributed by atoms with Crippen molar-refractivity contribution in [1.29, 1.82) is 0 Å². The zero-order valence-corrected chi connectivity index (χ0v) is 14.5. The molecule has 0 heterocycles. The molecule has 0 radical (unpaired) electrons. The van der Waals surface area contributed by atoms with Crippen molar-refractivity contribution in [2.24, 2.45) is 11.8 Å². The molecule has 8 nitrogen and oxygen atoms in total. The van der Waals surface area contributed by atoms with Crippen LogP contribution in [0, 0.1) is 11.8 Å². The van der Waals surface area contributed by atoms with Crippen LogP contribution in [0.3, 0.4) is 0 Å². The largest absolute Gasteiger partial charge is 0.469 e. The van der Waals surface area contributed by atoms with Crippen molar-refractivity contribution in [1.82, 2.24) is 10.6 Å². The van der Waals surface area contributed by atoms with Gasteiger partial charge in [0, 0.05) is 6.92 Å². The highest BCUT2D eigenvalue weighted by molar-refractivity contribution is 5.90. The summed E-state index contributed by atoms with van der Waals surface area (Å²) in [6, 6.07) is -1.80. The van der Waals surface area contributed by atoms with E-state index in [1.54, 1.807) is 20.8 Å². The van der Waals surface area contributed by atoms with Gasteiger partial charge >= 0.3 is 11.9 Å². The molecule has 8 heteroatoms. The molecule has 23 heavy (non-hydrogen) atoms. The first kappa shape index (κ1) is 20.9. The van der Waals surface area contributed by atoms with Gasteiger partial charge in [-0.25, -0.2) is 4.79 Å². The van der Waals surface area contributed by atoms with Gasteiger partial charge < -0.3 is 20.1 Å². The van der Waals surface area contributed by atoms with Crippen LogP contribution in [0.4, 0.5) is 0 Å². The first-order valence-electron chi connectivity index (χ1n) is 7.36. The monoisotopic (exact) mass is 330 g/mol. The third-order valence-electron chi connectivity index (χ3n) is 3.35. The Morgan fingerprint density at radius 3 is 1.87 bits per heavy atom. The normalized spacial score (nSPS) is 14.4. The zero-order chi connectivity index (χ0) is 18.2. The highest BCUT2D eigenvalue weighted by atomic mass is 16.5. The van der Waals surface area contributed by atoms with Crippen LogP contribution in [0.5, 0.6) is 0 Å². The molecule has 0 aromatic rings. The van der Waals surface area contributed by atoms with Gasteiger partial charge in [0.05, 0.1) is 20.6 Å². The highest BCUT2D eigenvalue weighted by Crippen LogP contribution is 2.12. The number of methoxy groups -OCH3 is 2. The summed E-state index contributed by atoms with van der Waals surface area (Å²) in [5, 5.41) is 5.09. The number of rotatable bonds is 8. The van der Waals surface area contributed by atoms with Crippen molar-refractivity contribution in [3.63, 3.8) is 0 Å². The SMILES string of the molecule is COC(=O)C[C@H](C)[C@@H](NC(=O)[C@H](NC(C)=O)C(C)C)C(=O)OC. The first-order valence-corrected chi connectivity index (χ1v) is 7.36. The number of carbonyl (C=O) groups excluding carboxylic acids is 4. The van der Waals surface area contributed by atoms with Crippen molar-refractivity contribution >= 4 is 23.8 Å². The average Bonchev–Trinajstić information content (AvgIpc) is 2.48. The van der Waals surface area contributed by atoms with E-state index in [4.69, 9.17) is 0 Å². The maximum absolute atomic E-state index is 12.4. The summed E-state index contributed by atoms with van der Waals surface area (Å²) >= 11 is 0. The minimum atomic E-state index is -1.01. The summed E-state index contributed by atoms with van der Waals surface area (Å²) < 4.78 is 9.24. The summed E-state index contributed by atoms with van der Waals surface area (Å²) in [5.74, 6) is -2.72. The quantitative estimate of drug-likeness (QED) is 0.606. The van der Waals surface area contributed by atoms with Gasteiger partial charge in [0.25, 0.3) is 0 Å². The minimum Gasteiger partial charge on any atom is -0.469 e. The van der Waals surface area contributed by atoms with Crippen molar-refractivity contribution in [2.45, 2.75) is 46.2 Å². The van der Waals surface area contributed by atoms with E-state index in [1.165, 1.54) is 21.1 Å². The van der Waals surface area contributed by atoms with E-state index in [2.05, 4.69) is 20.1 Å². The molecule has 0 rings (SSSR count). The molecular formula is C15H26N2O6. The molecule has 0 spiro atoms.